The molecule has 1 aliphatic rings. The normalized spacial score (nSPS) is 19.3. The van der Waals surface area contributed by atoms with E-state index in [9.17, 15) is 9.59 Å². The summed E-state index contributed by atoms with van der Waals surface area (Å²) in [6.45, 7) is 1.88. The lowest BCUT2D eigenvalue weighted by atomic mass is 9.88. The van der Waals surface area contributed by atoms with Crippen molar-refractivity contribution in [3.8, 4) is 0 Å². The molecule has 2 aromatic rings. The molecular weight excluding hydrogens is 352 g/mol. The van der Waals surface area contributed by atoms with Crippen LogP contribution in [0, 0.1) is 0 Å². The number of benzene rings is 2. The molecule has 1 atom stereocenters. The number of rotatable bonds is 5. The van der Waals surface area contributed by atoms with Crippen molar-refractivity contribution in [2.24, 2.45) is 0 Å². The van der Waals surface area contributed by atoms with Crippen LogP contribution in [-0.4, -0.2) is 24.1 Å². The quantitative estimate of drug-likeness (QED) is 0.738. The van der Waals surface area contributed by atoms with Crippen LogP contribution < -0.4 is 0 Å². The van der Waals surface area contributed by atoms with Crippen molar-refractivity contribution in [1.82, 2.24) is 0 Å². The van der Waals surface area contributed by atoms with Gasteiger partial charge < -0.3 is 9.47 Å². The first-order valence-electron chi connectivity index (χ1n) is 8.18. The molecule has 1 aliphatic heterocycles. The van der Waals surface area contributed by atoms with Crippen molar-refractivity contribution in [3.05, 3.63) is 82.9 Å². The number of hydrogen-bond donors (Lipinski definition) is 0. The van der Waals surface area contributed by atoms with Gasteiger partial charge >= 0.3 is 11.9 Å². The summed E-state index contributed by atoms with van der Waals surface area (Å²) in [4.78, 5) is 24.8. The van der Waals surface area contributed by atoms with Crippen LogP contribution in [0.2, 0.25) is 5.02 Å². The highest BCUT2D eigenvalue weighted by atomic mass is 35.5. The van der Waals surface area contributed by atoms with E-state index in [1.807, 2.05) is 30.3 Å². The lowest BCUT2D eigenvalue weighted by Gasteiger charge is -2.26. The summed E-state index contributed by atoms with van der Waals surface area (Å²) in [6.07, 6.45) is 4.60. The Morgan fingerprint density at radius 1 is 1.15 bits per heavy atom. The number of cyclic esters (lactones) is 1. The minimum atomic E-state index is -1.62. The van der Waals surface area contributed by atoms with Gasteiger partial charge in [-0.25, -0.2) is 9.59 Å². The average Bonchev–Trinajstić information content (AvgIpc) is 3.00. The topological polar surface area (TPSA) is 52.6 Å². The summed E-state index contributed by atoms with van der Waals surface area (Å²) < 4.78 is 10.7. The summed E-state index contributed by atoms with van der Waals surface area (Å²) in [7, 11) is 0. The van der Waals surface area contributed by atoms with Crippen molar-refractivity contribution in [2.75, 3.05) is 6.61 Å². The van der Waals surface area contributed by atoms with Gasteiger partial charge in [0.2, 0.25) is 0 Å². The zero-order valence-corrected chi connectivity index (χ0v) is 14.9. The van der Waals surface area contributed by atoms with E-state index in [-0.39, 0.29) is 6.61 Å². The maximum atomic E-state index is 12.8. The molecule has 0 saturated heterocycles. The fraction of sp³-hybridized carbons (Fsp3) is 0.143. The van der Waals surface area contributed by atoms with Crippen LogP contribution in [0.4, 0.5) is 0 Å². The van der Waals surface area contributed by atoms with E-state index in [0.717, 1.165) is 5.56 Å². The highest BCUT2D eigenvalue weighted by Crippen LogP contribution is 2.38. The van der Waals surface area contributed by atoms with E-state index < -0.39 is 17.5 Å². The molecule has 1 heterocycles. The maximum absolute atomic E-state index is 12.8. The van der Waals surface area contributed by atoms with E-state index in [0.29, 0.717) is 16.2 Å². The summed E-state index contributed by atoms with van der Waals surface area (Å²) in [5, 5.41) is 0.611. The van der Waals surface area contributed by atoms with Gasteiger partial charge in [-0.15, -0.1) is 0 Å². The first-order chi connectivity index (χ1) is 12.5. The predicted octanol–water partition coefficient (Wildman–Crippen LogP) is 4.30. The van der Waals surface area contributed by atoms with Crippen LogP contribution in [0.1, 0.15) is 18.1 Å². The second-order valence-corrected chi connectivity index (χ2v) is 6.12. The molecule has 4 nitrogen and oxygen atoms in total. The first-order valence-corrected chi connectivity index (χ1v) is 8.55. The monoisotopic (exact) mass is 368 g/mol. The van der Waals surface area contributed by atoms with Crippen LogP contribution in [0.25, 0.3) is 11.6 Å². The number of ether oxygens (including phenoxy) is 2. The molecule has 1 unspecified atom stereocenters. The van der Waals surface area contributed by atoms with Crippen LogP contribution in [0.3, 0.4) is 0 Å². The highest BCUT2D eigenvalue weighted by molar-refractivity contribution is 6.30. The first kappa shape index (κ1) is 18.0. The number of hydrogen-bond acceptors (Lipinski definition) is 4. The van der Waals surface area contributed by atoms with Gasteiger partial charge in [-0.2, -0.15) is 0 Å². The van der Waals surface area contributed by atoms with Gasteiger partial charge in [-0.1, -0.05) is 60.1 Å². The van der Waals surface area contributed by atoms with Crippen molar-refractivity contribution >= 4 is 35.2 Å². The average molecular weight is 369 g/mol. The maximum Gasteiger partial charge on any atom is 0.359 e. The zero-order valence-electron chi connectivity index (χ0n) is 14.1. The van der Waals surface area contributed by atoms with Gasteiger partial charge in [0.1, 0.15) is 0 Å². The Balaban J connectivity index is 2.06. The second-order valence-electron chi connectivity index (χ2n) is 5.69. The van der Waals surface area contributed by atoms with E-state index in [1.165, 1.54) is 6.08 Å². The fourth-order valence-corrected chi connectivity index (χ4v) is 2.88. The molecule has 132 valence electrons. The minimum Gasteiger partial charge on any atom is -0.463 e. The molecule has 5 heteroatoms. The number of carbonyl (C=O) groups excluding carboxylic acids is 2. The summed E-state index contributed by atoms with van der Waals surface area (Å²) in [6, 6.07) is 16.3. The SMILES string of the molecule is CCOC(=O)C1(/C=C/c2ccc(Cl)cc2)OC(=O)C=C1c1ccccc1. The molecule has 0 radical (unpaired) electrons. The van der Waals surface area contributed by atoms with Crippen LogP contribution in [-0.2, 0) is 19.1 Å². The summed E-state index contributed by atoms with van der Waals surface area (Å²) in [5.41, 5.74) is 0.362. The number of esters is 2. The van der Waals surface area contributed by atoms with E-state index in [2.05, 4.69) is 0 Å². The molecule has 0 fully saturated rings. The van der Waals surface area contributed by atoms with Gasteiger partial charge in [-0.3, -0.25) is 0 Å². The molecule has 26 heavy (non-hydrogen) atoms. The van der Waals surface area contributed by atoms with E-state index in [4.69, 9.17) is 21.1 Å². The predicted molar refractivity (Wildman–Crippen MR) is 100 cm³/mol. The lowest BCUT2D eigenvalue weighted by molar-refractivity contribution is -0.165. The minimum absolute atomic E-state index is 0.176. The summed E-state index contributed by atoms with van der Waals surface area (Å²) >= 11 is 5.90. The largest absolute Gasteiger partial charge is 0.463 e. The van der Waals surface area contributed by atoms with Crippen LogP contribution >= 0.6 is 11.6 Å². The number of carbonyl (C=O) groups is 2. The molecule has 3 rings (SSSR count). The van der Waals surface area contributed by atoms with Crippen LogP contribution in [0.15, 0.2) is 66.7 Å². The smallest absolute Gasteiger partial charge is 0.359 e. The molecule has 0 aromatic heterocycles. The van der Waals surface area contributed by atoms with Crippen molar-refractivity contribution in [1.29, 1.82) is 0 Å². The Bertz CT molecular complexity index is 869. The van der Waals surface area contributed by atoms with Crippen molar-refractivity contribution in [2.45, 2.75) is 12.5 Å². The Morgan fingerprint density at radius 3 is 2.50 bits per heavy atom. The van der Waals surface area contributed by atoms with Gasteiger partial charge in [0, 0.05) is 16.7 Å². The number of halogens is 1. The van der Waals surface area contributed by atoms with Crippen molar-refractivity contribution < 1.29 is 19.1 Å². The Morgan fingerprint density at radius 2 is 1.85 bits per heavy atom. The lowest BCUT2D eigenvalue weighted by Crippen LogP contribution is -2.40. The summed E-state index contributed by atoms with van der Waals surface area (Å²) in [5.74, 6) is -1.22. The molecule has 0 N–H and O–H groups in total. The van der Waals surface area contributed by atoms with Gasteiger partial charge in [-0.05, 0) is 36.3 Å². The van der Waals surface area contributed by atoms with Crippen molar-refractivity contribution in [3.63, 3.8) is 0 Å². The van der Waals surface area contributed by atoms with Crippen LogP contribution in [0.5, 0.6) is 0 Å². The molecule has 0 bridgehead atoms. The van der Waals surface area contributed by atoms with Gasteiger partial charge in [0.25, 0.3) is 5.60 Å². The third-order valence-electron chi connectivity index (χ3n) is 3.97. The van der Waals surface area contributed by atoms with Gasteiger partial charge in [0.15, 0.2) is 0 Å². The third-order valence-corrected chi connectivity index (χ3v) is 4.22. The Labute approximate surface area is 156 Å². The Kier molecular flexibility index (Phi) is 5.24. The molecule has 0 saturated carbocycles. The Hall–Kier alpha value is -2.85. The highest BCUT2D eigenvalue weighted by Gasteiger charge is 2.49. The standard InChI is InChI=1S/C21H17ClO4/c1-2-25-20(24)21(13-12-15-8-10-17(22)11-9-15)18(14-19(23)26-21)16-6-4-3-5-7-16/h3-14H,2H2,1H3/b13-12+. The van der Waals surface area contributed by atoms with E-state index >= 15 is 0 Å². The molecule has 0 amide bonds. The van der Waals surface area contributed by atoms with Gasteiger partial charge in [0.05, 0.1) is 6.61 Å². The zero-order chi connectivity index (χ0) is 18.6. The molecule has 2 aromatic carbocycles. The third kappa shape index (κ3) is 3.55. The fourth-order valence-electron chi connectivity index (χ4n) is 2.75. The van der Waals surface area contributed by atoms with E-state index in [1.54, 1.807) is 43.3 Å². The molecule has 0 spiro atoms. The molecule has 0 aliphatic carbocycles. The molecular formula is C21H17ClO4. The second kappa shape index (κ2) is 7.58.